The van der Waals surface area contributed by atoms with E-state index in [1.807, 2.05) is 68.4 Å². The van der Waals surface area contributed by atoms with Gasteiger partial charge in [0.2, 0.25) is 0 Å². The van der Waals surface area contributed by atoms with E-state index in [1.54, 1.807) is 4.68 Å². The standard InChI is InChI=1S/C31H38N6O2/c1-6-37-13-11-30(34-37)25-15-23(14-24(16-25)26-18-32-36(5)19-26)22(3)33-31(38)29-17-28(10-9-21(29)2)39-20-27-8-7-12-35(27)4/h9-11,13-19,22,27H,6-8,12,20H2,1-5H3,(H,33,38)/t22-,27+/m1/s1. The summed E-state index contributed by atoms with van der Waals surface area (Å²) in [5, 5.41) is 12.3. The highest BCUT2D eigenvalue weighted by atomic mass is 16.5. The summed E-state index contributed by atoms with van der Waals surface area (Å²) in [7, 11) is 4.05. The van der Waals surface area contributed by atoms with Crippen LogP contribution in [-0.2, 0) is 13.6 Å². The van der Waals surface area contributed by atoms with Crippen molar-refractivity contribution < 1.29 is 9.53 Å². The monoisotopic (exact) mass is 526 g/mol. The third-order valence-electron chi connectivity index (χ3n) is 7.67. The zero-order valence-corrected chi connectivity index (χ0v) is 23.5. The van der Waals surface area contributed by atoms with Gasteiger partial charge in [-0.15, -0.1) is 0 Å². The van der Waals surface area contributed by atoms with Gasteiger partial charge in [0, 0.05) is 48.7 Å². The second kappa shape index (κ2) is 11.5. The van der Waals surface area contributed by atoms with Crippen molar-refractivity contribution in [3.8, 4) is 28.1 Å². The number of ether oxygens (including phenoxy) is 1. The Morgan fingerprint density at radius 3 is 2.64 bits per heavy atom. The Bertz CT molecular complexity index is 1460. The number of carbonyl (C=O) groups is 1. The van der Waals surface area contributed by atoms with Gasteiger partial charge < -0.3 is 15.0 Å². The van der Waals surface area contributed by atoms with Gasteiger partial charge in [-0.3, -0.25) is 14.2 Å². The van der Waals surface area contributed by atoms with Gasteiger partial charge in [-0.1, -0.05) is 6.07 Å². The number of nitrogens with one attached hydrogen (secondary N) is 1. The molecule has 2 aromatic carbocycles. The molecule has 1 aliphatic heterocycles. The fourth-order valence-electron chi connectivity index (χ4n) is 5.15. The summed E-state index contributed by atoms with van der Waals surface area (Å²) in [5.74, 6) is 0.609. The third-order valence-corrected chi connectivity index (χ3v) is 7.67. The molecule has 1 saturated heterocycles. The van der Waals surface area contributed by atoms with Crippen LogP contribution in [0.1, 0.15) is 54.2 Å². The van der Waals surface area contributed by atoms with Crippen molar-refractivity contribution in [1.29, 1.82) is 0 Å². The van der Waals surface area contributed by atoms with Gasteiger partial charge in [0.05, 0.1) is 17.9 Å². The normalized spacial score (nSPS) is 16.4. The minimum atomic E-state index is -0.225. The maximum atomic E-state index is 13.5. The van der Waals surface area contributed by atoms with E-state index in [0.717, 1.165) is 58.8 Å². The molecule has 39 heavy (non-hydrogen) atoms. The molecule has 4 aromatic rings. The van der Waals surface area contributed by atoms with Crippen molar-refractivity contribution in [2.45, 2.75) is 52.2 Å². The molecular formula is C31H38N6O2. The molecule has 0 radical (unpaired) electrons. The molecule has 1 amide bonds. The van der Waals surface area contributed by atoms with Crippen LogP contribution in [-0.4, -0.2) is 56.6 Å². The van der Waals surface area contributed by atoms with Gasteiger partial charge in [0.25, 0.3) is 5.91 Å². The Hall–Kier alpha value is -3.91. The Morgan fingerprint density at radius 1 is 1.13 bits per heavy atom. The van der Waals surface area contributed by atoms with Crippen LogP contribution in [0.2, 0.25) is 0 Å². The predicted octanol–water partition coefficient (Wildman–Crippen LogP) is 5.24. The molecule has 0 aliphatic carbocycles. The molecular weight excluding hydrogens is 488 g/mol. The zero-order valence-electron chi connectivity index (χ0n) is 23.5. The molecule has 0 bridgehead atoms. The Balaban J connectivity index is 1.38. The maximum absolute atomic E-state index is 13.5. The van der Waals surface area contributed by atoms with Crippen LogP contribution in [0.3, 0.4) is 0 Å². The number of likely N-dealkylation sites (N-methyl/N-ethyl adjacent to an activating group) is 1. The number of benzene rings is 2. The summed E-state index contributed by atoms with van der Waals surface area (Å²) in [5.41, 5.74) is 6.50. The number of nitrogens with zero attached hydrogens (tertiary/aromatic N) is 5. The molecule has 8 nitrogen and oxygen atoms in total. The van der Waals surface area contributed by atoms with Crippen molar-refractivity contribution in [2.75, 3.05) is 20.2 Å². The van der Waals surface area contributed by atoms with Gasteiger partial charge in [0.15, 0.2) is 0 Å². The second-order valence-corrected chi connectivity index (χ2v) is 10.6. The second-order valence-electron chi connectivity index (χ2n) is 10.6. The van der Waals surface area contributed by atoms with Gasteiger partial charge >= 0.3 is 0 Å². The van der Waals surface area contributed by atoms with E-state index in [4.69, 9.17) is 9.84 Å². The average molecular weight is 527 g/mol. The van der Waals surface area contributed by atoms with Crippen molar-refractivity contribution in [1.82, 2.24) is 29.8 Å². The lowest BCUT2D eigenvalue weighted by molar-refractivity contribution is 0.0938. The molecule has 2 atom stereocenters. The predicted molar refractivity (Wildman–Crippen MR) is 154 cm³/mol. The highest BCUT2D eigenvalue weighted by Crippen LogP contribution is 2.30. The number of carbonyl (C=O) groups excluding carboxylic acids is 1. The van der Waals surface area contributed by atoms with Crippen LogP contribution >= 0.6 is 0 Å². The summed E-state index contributed by atoms with van der Waals surface area (Å²) in [4.78, 5) is 15.8. The van der Waals surface area contributed by atoms with E-state index in [1.165, 1.54) is 6.42 Å². The van der Waals surface area contributed by atoms with Gasteiger partial charge in [-0.2, -0.15) is 10.2 Å². The number of likely N-dealkylation sites (tertiary alicyclic amines) is 1. The first kappa shape index (κ1) is 26.7. The molecule has 5 rings (SSSR count). The number of hydrogen-bond donors (Lipinski definition) is 1. The molecule has 1 aliphatic rings. The lowest BCUT2D eigenvalue weighted by Gasteiger charge is -2.20. The largest absolute Gasteiger partial charge is 0.492 e. The molecule has 204 valence electrons. The van der Waals surface area contributed by atoms with Crippen LogP contribution < -0.4 is 10.1 Å². The molecule has 0 unspecified atom stereocenters. The lowest BCUT2D eigenvalue weighted by atomic mass is 9.96. The van der Waals surface area contributed by atoms with Crippen LogP contribution in [0, 0.1) is 6.92 Å². The van der Waals surface area contributed by atoms with Crippen molar-refractivity contribution >= 4 is 5.91 Å². The summed E-state index contributed by atoms with van der Waals surface area (Å²) < 4.78 is 9.81. The summed E-state index contributed by atoms with van der Waals surface area (Å²) >= 11 is 0. The van der Waals surface area contributed by atoms with Crippen molar-refractivity contribution in [3.05, 3.63) is 77.7 Å². The van der Waals surface area contributed by atoms with Crippen molar-refractivity contribution in [3.63, 3.8) is 0 Å². The molecule has 0 saturated carbocycles. The van der Waals surface area contributed by atoms with E-state index in [0.29, 0.717) is 18.2 Å². The first-order valence-electron chi connectivity index (χ1n) is 13.7. The third kappa shape index (κ3) is 6.06. The van der Waals surface area contributed by atoms with Crippen LogP contribution in [0.4, 0.5) is 0 Å². The molecule has 1 N–H and O–H groups in total. The Kier molecular flexibility index (Phi) is 7.84. The van der Waals surface area contributed by atoms with E-state index < -0.39 is 0 Å². The number of aromatic nitrogens is 4. The fraction of sp³-hybridized carbons (Fsp3) is 0.387. The molecule has 3 heterocycles. The fourth-order valence-corrected chi connectivity index (χ4v) is 5.15. The van der Waals surface area contributed by atoms with Gasteiger partial charge in [0.1, 0.15) is 12.4 Å². The quantitative estimate of drug-likeness (QED) is 0.323. The Morgan fingerprint density at radius 2 is 1.95 bits per heavy atom. The number of amides is 1. The SMILES string of the molecule is CCn1ccc(-c2cc(-c3cnn(C)c3)cc([C@@H](C)NC(=O)c3cc(OC[C@@H]4CCCN4C)ccc3C)c2)n1. The highest BCUT2D eigenvalue weighted by Gasteiger charge is 2.22. The van der Waals surface area contributed by atoms with Gasteiger partial charge in [-0.25, -0.2) is 0 Å². The van der Waals surface area contributed by atoms with E-state index in [2.05, 4.69) is 47.5 Å². The first-order valence-corrected chi connectivity index (χ1v) is 13.7. The summed E-state index contributed by atoms with van der Waals surface area (Å²) in [6, 6.07) is 14.3. The smallest absolute Gasteiger partial charge is 0.252 e. The minimum absolute atomic E-state index is 0.118. The number of rotatable bonds is 9. The summed E-state index contributed by atoms with van der Waals surface area (Å²) in [6.45, 7) is 8.59. The summed E-state index contributed by atoms with van der Waals surface area (Å²) in [6.07, 6.45) is 8.18. The van der Waals surface area contributed by atoms with Crippen LogP contribution in [0.5, 0.6) is 5.75 Å². The van der Waals surface area contributed by atoms with E-state index in [9.17, 15) is 4.79 Å². The van der Waals surface area contributed by atoms with E-state index in [-0.39, 0.29) is 11.9 Å². The number of hydrogen-bond acceptors (Lipinski definition) is 5. The van der Waals surface area contributed by atoms with Crippen LogP contribution in [0.25, 0.3) is 22.4 Å². The van der Waals surface area contributed by atoms with Crippen LogP contribution in [0.15, 0.2) is 61.1 Å². The average Bonchev–Trinajstić information content (AvgIpc) is 3.69. The first-order chi connectivity index (χ1) is 18.8. The Labute approximate surface area is 230 Å². The van der Waals surface area contributed by atoms with E-state index >= 15 is 0 Å². The molecule has 0 spiro atoms. The zero-order chi connectivity index (χ0) is 27.5. The topological polar surface area (TPSA) is 77.2 Å². The maximum Gasteiger partial charge on any atom is 0.252 e. The lowest BCUT2D eigenvalue weighted by Crippen LogP contribution is -2.30. The molecule has 1 fully saturated rings. The highest BCUT2D eigenvalue weighted by molar-refractivity contribution is 5.96. The van der Waals surface area contributed by atoms with Gasteiger partial charge in [-0.05, 0) is 100 Å². The molecule has 8 heteroatoms. The minimum Gasteiger partial charge on any atom is -0.492 e. The molecule has 2 aromatic heterocycles. The van der Waals surface area contributed by atoms with Crippen molar-refractivity contribution in [2.24, 2.45) is 7.05 Å². The number of aryl methyl sites for hydroxylation is 3.